The molecule has 0 bridgehead atoms. The van der Waals surface area contributed by atoms with Crippen molar-refractivity contribution in [3.05, 3.63) is 54.1 Å². The lowest BCUT2D eigenvalue weighted by atomic mass is 10.1. The number of halogens is 3. The van der Waals surface area contributed by atoms with Crippen molar-refractivity contribution >= 4 is 22.1 Å². The van der Waals surface area contributed by atoms with Crippen LogP contribution in [0.2, 0.25) is 0 Å². The second-order valence-electron chi connectivity index (χ2n) is 6.28. The largest absolute Gasteiger partial charge is 0.433 e. The molecule has 4 aromatic rings. The maximum absolute atomic E-state index is 13.1. The fourth-order valence-electron chi connectivity index (χ4n) is 3.00. The normalized spacial score (nSPS) is 12.6. The average Bonchev–Trinajstić information content (AvgIpc) is 3.16. The van der Waals surface area contributed by atoms with Gasteiger partial charge in [0.25, 0.3) is 0 Å². The van der Waals surface area contributed by atoms with Crippen LogP contribution in [0.4, 0.5) is 13.2 Å². The lowest BCUT2D eigenvalue weighted by molar-refractivity contribution is -0.141. The van der Waals surface area contributed by atoms with Gasteiger partial charge in [0.15, 0.2) is 0 Å². The van der Waals surface area contributed by atoms with E-state index in [0.29, 0.717) is 11.1 Å². The lowest BCUT2D eigenvalue weighted by Gasteiger charge is -2.13. The minimum atomic E-state index is -4.48. The van der Waals surface area contributed by atoms with Gasteiger partial charge in [0.1, 0.15) is 17.0 Å². The van der Waals surface area contributed by atoms with Crippen LogP contribution in [0.5, 0.6) is 0 Å². The Bertz CT molecular complexity index is 1070. The third-order valence-electron chi connectivity index (χ3n) is 4.20. The number of H-pyrrole nitrogens is 1. The molecular formula is C18H15F3N4. The predicted molar refractivity (Wildman–Crippen MR) is 89.8 cm³/mol. The quantitative estimate of drug-likeness (QED) is 0.553. The number of hydrogen-bond donors (Lipinski definition) is 1. The van der Waals surface area contributed by atoms with E-state index in [-0.39, 0.29) is 11.6 Å². The van der Waals surface area contributed by atoms with E-state index in [1.807, 2.05) is 32.0 Å². The highest BCUT2D eigenvalue weighted by molar-refractivity contribution is 5.82. The number of pyridine rings is 2. The maximum atomic E-state index is 13.1. The highest BCUT2D eigenvalue weighted by atomic mass is 19.4. The van der Waals surface area contributed by atoms with Crippen molar-refractivity contribution in [2.75, 3.05) is 0 Å². The molecule has 7 heteroatoms. The lowest BCUT2D eigenvalue weighted by Crippen LogP contribution is -2.09. The van der Waals surface area contributed by atoms with E-state index in [1.54, 1.807) is 17.0 Å². The Labute approximate surface area is 141 Å². The minimum Gasteiger partial charge on any atom is -0.346 e. The van der Waals surface area contributed by atoms with Crippen molar-refractivity contribution in [3.63, 3.8) is 0 Å². The standard InChI is InChI=1S/C18H15F3N4/c1-10(2)14-8-12-3-4-15(18(19,20)21)24-17(12)25(14)13-7-11-5-6-22-16(11)23-9-13/h3-10H,1-2H3,(H,22,23). The summed E-state index contributed by atoms with van der Waals surface area (Å²) in [6.07, 6.45) is -1.06. The van der Waals surface area contributed by atoms with Gasteiger partial charge >= 0.3 is 6.18 Å². The SMILES string of the molecule is CC(C)c1cc2ccc(C(F)(F)F)nc2n1-c1cnc2[nH]ccc2c1. The van der Waals surface area contributed by atoms with E-state index in [2.05, 4.69) is 15.0 Å². The topological polar surface area (TPSA) is 46.5 Å². The molecule has 0 spiro atoms. The summed E-state index contributed by atoms with van der Waals surface area (Å²) in [5, 5.41) is 1.56. The number of hydrogen-bond acceptors (Lipinski definition) is 2. The van der Waals surface area contributed by atoms with Crippen LogP contribution in [0.1, 0.15) is 31.2 Å². The van der Waals surface area contributed by atoms with Gasteiger partial charge < -0.3 is 4.98 Å². The first-order chi connectivity index (χ1) is 11.8. The first-order valence-corrected chi connectivity index (χ1v) is 7.87. The fourth-order valence-corrected chi connectivity index (χ4v) is 3.00. The molecule has 4 aromatic heterocycles. The molecule has 0 unspecified atom stereocenters. The number of rotatable bonds is 2. The number of alkyl halides is 3. The first-order valence-electron chi connectivity index (χ1n) is 7.87. The average molecular weight is 344 g/mol. The molecule has 0 aromatic carbocycles. The van der Waals surface area contributed by atoms with Crippen LogP contribution in [0, 0.1) is 0 Å². The van der Waals surface area contributed by atoms with Gasteiger partial charge in [0.05, 0.1) is 11.9 Å². The molecule has 0 aliphatic carbocycles. The number of aromatic amines is 1. The van der Waals surface area contributed by atoms with Gasteiger partial charge in [-0.05, 0) is 36.2 Å². The van der Waals surface area contributed by atoms with E-state index in [1.165, 1.54) is 6.07 Å². The molecule has 1 N–H and O–H groups in total. The summed E-state index contributed by atoms with van der Waals surface area (Å²) in [7, 11) is 0. The van der Waals surface area contributed by atoms with Crippen LogP contribution >= 0.6 is 0 Å². The Balaban J connectivity index is 2.03. The van der Waals surface area contributed by atoms with E-state index < -0.39 is 11.9 Å². The molecule has 0 atom stereocenters. The van der Waals surface area contributed by atoms with E-state index >= 15 is 0 Å². The van der Waals surface area contributed by atoms with E-state index in [9.17, 15) is 13.2 Å². The third kappa shape index (κ3) is 2.56. The van der Waals surface area contributed by atoms with Crippen LogP contribution in [-0.2, 0) is 6.18 Å². The smallest absolute Gasteiger partial charge is 0.346 e. The Morgan fingerprint density at radius 1 is 1.08 bits per heavy atom. The molecule has 0 saturated carbocycles. The molecule has 4 nitrogen and oxygen atoms in total. The molecule has 0 radical (unpaired) electrons. The van der Waals surface area contributed by atoms with Crippen molar-refractivity contribution in [1.82, 2.24) is 19.5 Å². The highest BCUT2D eigenvalue weighted by Crippen LogP contribution is 2.33. The zero-order valence-electron chi connectivity index (χ0n) is 13.6. The van der Waals surface area contributed by atoms with Gasteiger partial charge in [-0.15, -0.1) is 0 Å². The molecular weight excluding hydrogens is 329 g/mol. The number of nitrogens with zero attached hydrogens (tertiary/aromatic N) is 3. The molecule has 0 fully saturated rings. The minimum absolute atomic E-state index is 0.116. The van der Waals surface area contributed by atoms with Gasteiger partial charge in [-0.25, -0.2) is 9.97 Å². The predicted octanol–water partition coefficient (Wildman–Crippen LogP) is 5.04. The molecule has 4 rings (SSSR count). The van der Waals surface area contributed by atoms with Crippen LogP contribution < -0.4 is 0 Å². The van der Waals surface area contributed by atoms with Gasteiger partial charge in [0, 0.05) is 22.7 Å². The summed E-state index contributed by atoms with van der Waals surface area (Å²) >= 11 is 0. The highest BCUT2D eigenvalue weighted by Gasteiger charge is 2.33. The number of fused-ring (bicyclic) bond motifs is 2. The molecule has 25 heavy (non-hydrogen) atoms. The second-order valence-corrected chi connectivity index (χ2v) is 6.28. The van der Waals surface area contributed by atoms with Gasteiger partial charge in [-0.1, -0.05) is 13.8 Å². The maximum Gasteiger partial charge on any atom is 0.433 e. The fraction of sp³-hybridized carbons (Fsp3) is 0.222. The summed E-state index contributed by atoms with van der Waals surface area (Å²) in [6, 6.07) is 8.14. The zero-order valence-corrected chi connectivity index (χ0v) is 13.6. The van der Waals surface area contributed by atoms with Crippen LogP contribution in [0.25, 0.3) is 27.8 Å². The molecule has 0 amide bonds. The van der Waals surface area contributed by atoms with E-state index in [0.717, 1.165) is 22.8 Å². The van der Waals surface area contributed by atoms with Crippen molar-refractivity contribution in [1.29, 1.82) is 0 Å². The Kier molecular flexibility index (Phi) is 3.35. The third-order valence-corrected chi connectivity index (χ3v) is 4.20. The summed E-state index contributed by atoms with van der Waals surface area (Å²) in [5.41, 5.74) is 1.70. The van der Waals surface area contributed by atoms with Crippen molar-refractivity contribution < 1.29 is 13.2 Å². The van der Waals surface area contributed by atoms with Crippen LogP contribution in [0.3, 0.4) is 0 Å². The zero-order chi connectivity index (χ0) is 17.8. The number of nitrogens with one attached hydrogen (secondary N) is 1. The molecule has 128 valence electrons. The monoisotopic (exact) mass is 344 g/mol. The van der Waals surface area contributed by atoms with Gasteiger partial charge in [-0.2, -0.15) is 13.2 Å². The van der Waals surface area contributed by atoms with Gasteiger partial charge in [-0.3, -0.25) is 4.57 Å². The summed E-state index contributed by atoms with van der Waals surface area (Å²) < 4.78 is 41.0. The number of aromatic nitrogens is 4. The van der Waals surface area contributed by atoms with Crippen molar-refractivity contribution in [2.24, 2.45) is 0 Å². The summed E-state index contributed by atoms with van der Waals surface area (Å²) in [5.74, 6) is 0.116. The van der Waals surface area contributed by atoms with E-state index in [4.69, 9.17) is 0 Å². The molecule has 0 aliphatic rings. The Morgan fingerprint density at radius 3 is 2.60 bits per heavy atom. The molecule has 4 heterocycles. The van der Waals surface area contributed by atoms with Gasteiger partial charge in [0.2, 0.25) is 0 Å². The van der Waals surface area contributed by atoms with Crippen molar-refractivity contribution in [3.8, 4) is 5.69 Å². The first kappa shape index (κ1) is 15.7. The Morgan fingerprint density at radius 2 is 1.88 bits per heavy atom. The van der Waals surface area contributed by atoms with Crippen LogP contribution in [-0.4, -0.2) is 19.5 Å². The summed E-state index contributed by atoms with van der Waals surface area (Å²) in [4.78, 5) is 11.3. The van der Waals surface area contributed by atoms with Crippen LogP contribution in [0.15, 0.2) is 42.7 Å². The summed E-state index contributed by atoms with van der Waals surface area (Å²) in [6.45, 7) is 4.00. The molecule has 0 aliphatic heterocycles. The second kappa shape index (κ2) is 5.34. The molecule has 0 saturated heterocycles. The van der Waals surface area contributed by atoms with Crippen molar-refractivity contribution in [2.45, 2.75) is 25.9 Å². The Hall–Kier alpha value is -2.83.